The molecule has 0 saturated heterocycles. The monoisotopic (exact) mass is 216 g/mol. The van der Waals surface area contributed by atoms with Gasteiger partial charge in [0.05, 0.1) is 0 Å². The van der Waals surface area contributed by atoms with Crippen molar-refractivity contribution in [1.82, 2.24) is 0 Å². The average molecular weight is 216 g/mol. The summed E-state index contributed by atoms with van der Waals surface area (Å²) in [6, 6.07) is 0. The molecule has 0 bridgehead atoms. The zero-order valence-corrected chi connectivity index (χ0v) is 10.5. The van der Waals surface area contributed by atoms with E-state index in [0.29, 0.717) is 5.41 Å². The predicted octanol–water partition coefficient (Wildman–Crippen LogP) is 4.73. The van der Waals surface area contributed by atoms with E-state index in [-0.39, 0.29) is 0 Å². The van der Waals surface area contributed by atoms with Gasteiger partial charge in [0.2, 0.25) is 0 Å². The van der Waals surface area contributed by atoms with Crippen LogP contribution in [0.3, 0.4) is 0 Å². The van der Waals surface area contributed by atoms with Gasteiger partial charge in [-0.15, -0.1) is 0 Å². The van der Waals surface area contributed by atoms with E-state index in [0.717, 1.165) is 17.8 Å². The van der Waals surface area contributed by atoms with Crippen molar-refractivity contribution >= 4 is 0 Å². The summed E-state index contributed by atoms with van der Waals surface area (Å²) in [5, 5.41) is 0. The Morgan fingerprint density at radius 3 is 1.75 bits per heavy atom. The third-order valence-corrected chi connectivity index (χ3v) is 5.31. The Morgan fingerprint density at radius 1 is 0.938 bits per heavy atom. The summed E-state index contributed by atoms with van der Waals surface area (Å²) < 4.78 is 0. The molecule has 0 heterocycles. The molecule has 0 aromatic heterocycles. The first-order valence-corrected chi connectivity index (χ1v) is 7.17. The van der Waals surface area contributed by atoms with Gasteiger partial charge in [0, 0.05) is 0 Å². The molecule has 0 heteroatoms. The summed E-state index contributed by atoms with van der Waals surface area (Å²) in [6.07, 6.45) is 19.8. The lowest BCUT2D eigenvalue weighted by molar-refractivity contribution is 0.217. The van der Waals surface area contributed by atoms with Gasteiger partial charge in [0.25, 0.3) is 0 Å². The number of hydrogen-bond acceptors (Lipinski definition) is 0. The van der Waals surface area contributed by atoms with Gasteiger partial charge < -0.3 is 0 Å². The van der Waals surface area contributed by atoms with Crippen molar-refractivity contribution in [3.05, 3.63) is 24.3 Å². The van der Waals surface area contributed by atoms with E-state index in [2.05, 4.69) is 31.2 Å². The van der Waals surface area contributed by atoms with Crippen molar-refractivity contribution < 1.29 is 0 Å². The topological polar surface area (TPSA) is 0 Å². The standard InChI is InChI=1S/C16H24/c1-13-12-16(13,14-8-4-2-5-9-14)15-10-6-3-7-11-15/h4,6,8,10,13-15H,2-3,5,7,9,11-12H2,1H3/t13-,14-,15-/m0/s1. The molecular weight excluding hydrogens is 192 g/mol. The first kappa shape index (κ1) is 10.6. The first-order chi connectivity index (χ1) is 7.84. The summed E-state index contributed by atoms with van der Waals surface area (Å²) >= 11 is 0. The molecule has 0 nitrogen and oxygen atoms in total. The third kappa shape index (κ3) is 1.58. The lowest BCUT2D eigenvalue weighted by Gasteiger charge is -2.35. The average Bonchev–Trinajstić information content (AvgIpc) is 3.05. The fraction of sp³-hybridized carbons (Fsp3) is 0.750. The van der Waals surface area contributed by atoms with E-state index in [1.807, 2.05) is 0 Å². The lowest BCUT2D eigenvalue weighted by atomic mass is 9.70. The summed E-state index contributed by atoms with van der Waals surface area (Å²) in [5.74, 6) is 2.75. The Kier molecular flexibility index (Phi) is 2.69. The second kappa shape index (κ2) is 4.05. The van der Waals surface area contributed by atoms with E-state index in [1.165, 1.54) is 44.9 Å². The molecule has 16 heavy (non-hydrogen) atoms. The van der Waals surface area contributed by atoms with Crippen LogP contribution in [-0.2, 0) is 0 Å². The molecule has 3 atom stereocenters. The zero-order chi connectivity index (χ0) is 11.0. The van der Waals surface area contributed by atoms with E-state index in [4.69, 9.17) is 0 Å². The van der Waals surface area contributed by atoms with Crippen LogP contribution in [0.25, 0.3) is 0 Å². The van der Waals surface area contributed by atoms with Gasteiger partial charge in [-0.1, -0.05) is 31.2 Å². The summed E-state index contributed by atoms with van der Waals surface area (Å²) in [4.78, 5) is 0. The molecular formula is C16H24. The quantitative estimate of drug-likeness (QED) is 0.586. The number of allylic oxidation sites excluding steroid dienone is 4. The van der Waals surface area contributed by atoms with E-state index in [1.54, 1.807) is 0 Å². The maximum atomic E-state index is 2.55. The zero-order valence-electron chi connectivity index (χ0n) is 10.5. The number of rotatable bonds is 2. The normalized spacial score (nSPS) is 40.9. The van der Waals surface area contributed by atoms with Crippen LogP contribution in [0.1, 0.15) is 51.9 Å². The van der Waals surface area contributed by atoms with Crippen LogP contribution in [0.15, 0.2) is 24.3 Å². The van der Waals surface area contributed by atoms with Crippen molar-refractivity contribution in [1.29, 1.82) is 0 Å². The third-order valence-electron chi connectivity index (χ3n) is 5.31. The molecule has 0 N–H and O–H groups in total. The van der Waals surface area contributed by atoms with Crippen LogP contribution >= 0.6 is 0 Å². The molecule has 3 rings (SSSR count). The largest absolute Gasteiger partial charge is 0.0882 e. The molecule has 0 radical (unpaired) electrons. The molecule has 1 fully saturated rings. The summed E-state index contributed by atoms with van der Waals surface area (Å²) in [5.41, 5.74) is 0.674. The van der Waals surface area contributed by atoms with Gasteiger partial charge in [0.1, 0.15) is 0 Å². The molecule has 88 valence electrons. The van der Waals surface area contributed by atoms with Gasteiger partial charge in [0.15, 0.2) is 0 Å². The SMILES string of the molecule is C[C@H]1CC1([C@H]1C=CCCC1)[C@H]1C=CCCC1. The second-order valence-electron chi connectivity index (χ2n) is 6.15. The lowest BCUT2D eigenvalue weighted by Crippen LogP contribution is -2.27. The smallest absolute Gasteiger partial charge is 0.0143 e. The molecule has 0 aromatic rings. The van der Waals surface area contributed by atoms with Crippen LogP contribution in [0.4, 0.5) is 0 Å². The first-order valence-electron chi connectivity index (χ1n) is 7.17. The minimum Gasteiger partial charge on any atom is -0.0882 e. The Labute approximate surface area is 99.8 Å². The molecule has 0 spiro atoms. The Bertz CT molecular complexity index is 286. The fourth-order valence-electron chi connectivity index (χ4n) is 4.30. The van der Waals surface area contributed by atoms with E-state index < -0.39 is 0 Å². The maximum Gasteiger partial charge on any atom is -0.0143 e. The van der Waals surface area contributed by atoms with Crippen LogP contribution in [0, 0.1) is 23.2 Å². The number of hydrogen-bond donors (Lipinski definition) is 0. The van der Waals surface area contributed by atoms with E-state index in [9.17, 15) is 0 Å². The van der Waals surface area contributed by atoms with Crippen LogP contribution in [0.2, 0.25) is 0 Å². The van der Waals surface area contributed by atoms with Crippen molar-refractivity contribution in [2.75, 3.05) is 0 Å². The molecule has 1 saturated carbocycles. The molecule has 3 aliphatic rings. The van der Waals surface area contributed by atoms with Crippen molar-refractivity contribution in [3.63, 3.8) is 0 Å². The highest BCUT2D eigenvalue weighted by atomic mass is 14.6. The predicted molar refractivity (Wildman–Crippen MR) is 69.2 cm³/mol. The van der Waals surface area contributed by atoms with Gasteiger partial charge >= 0.3 is 0 Å². The van der Waals surface area contributed by atoms with E-state index >= 15 is 0 Å². The van der Waals surface area contributed by atoms with Crippen molar-refractivity contribution in [3.8, 4) is 0 Å². The highest BCUT2D eigenvalue weighted by molar-refractivity contribution is 5.18. The molecule has 0 amide bonds. The molecule has 3 aliphatic carbocycles. The molecule has 0 unspecified atom stereocenters. The Balaban J connectivity index is 1.82. The minimum atomic E-state index is 0.674. The highest BCUT2D eigenvalue weighted by Gasteiger charge is 2.58. The fourth-order valence-corrected chi connectivity index (χ4v) is 4.30. The summed E-state index contributed by atoms with van der Waals surface area (Å²) in [6.45, 7) is 2.48. The van der Waals surface area contributed by atoms with Gasteiger partial charge in [-0.25, -0.2) is 0 Å². The summed E-state index contributed by atoms with van der Waals surface area (Å²) in [7, 11) is 0. The van der Waals surface area contributed by atoms with Crippen molar-refractivity contribution in [2.45, 2.75) is 51.9 Å². The van der Waals surface area contributed by atoms with Crippen LogP contribution in [0.5, 0.6) is 0 Å². The van der Waals surface area contributed by atoms with Crippen LogP contribution in [-0.4, -0.2) is 0 Å². The van der Waals surface area contributed by atoms with Gasteiger partial charge in [-0.05, 0) is 68.1 Å². The Hall–Kier alpha value is -0.520. The molecule has 0 aliphatic heterocycles. The second-order valence-corrected chi connectivity index (χ2v) is 6.15. The molecule has 0 aromatic carbocycles. The van der Waals surface area contributed by atoms with Gasteiger partial charge in [-0.2, -0.15) is 0 Å². The highest BCUT2D eigenvalue weighted by Crippen LogP contribution is 2.66. The maximum absolute atomic E-state index is 2.55. The van der Waals surface area contributed by atoms with Gasteiger partial charge in [-0.3, -0.25) is 0 Å². The Morgan fingerprint density at radius 2 is 1.44 bits per heavy atom. The van der Waals surface area contributed by atoms with Crippen molar-refractivity contribution in [2.24, 2.45) is 23.2 Å². The van der Waals surface area contributed by atoms with Crippen LogP contribution < -0.4 is 0 Å². The minimum absolute atomic E-state index is 0.674.